The van der Waals surface area contributed by atoms with Gasteiger partial charge in [0.1, 0.15) is 5.82 Å². The molecule has 29 heavy (non-hydrogen) atoms. The van der Waals surface area contributed by atoms with Gasteiger partial charge in [-0.1, -0.05) is 12.1 Å². The van der Waals surface area contributed by atoms with Gasteiger partial charge in [-0.2, -0.15) is 0 Å². The maximum absolute atomic E-state index is 13.0. The Morgan fingerprint density at radius 1 is 1.03 bits per heavy atom. The van der Waals surface area contributed by atoms with Crippen LogP contribution in [0.1, 0.15) is 24.8 Å². The third kappa shape index (κ3) is 5.08. The number of hydrogen-bond donors (Lipinski definition) is 1. The number of rotatable bonds is 7. The van der Waals surface area contributed by atoms with Gasteiger partial charge in [-0.25, -0.2) is 4.39 Å². The summed E-state index contributed by atoms with van der Waals surface area (Å²) in [5.74, 6) is -1.83. The number of carbonyl (C=O) groups excluding carboxylic acids is 5. The first-order valence-corrected chi connectivity index (χ1v) is 9.77. The molecule has 152 valence electrons. The molecular formula is C19H18FN3O5S. The van der Waals surface area contributed by atoms with E-state index in [1.54, 1.807) is 0 Å². The zero-order valence-electron chi connectivity index (χ0n) is 15.4. The number of imide groups is 2. The van der Waals surface area contributed by atoms with Crippen molar-refractivity contribution in [3.63, 3.8) is 0 Å². The van der Waals surface area contributed by atoms with E-state index in [0.29, 0.717) is 5.56 Å². The minimum absolute atomic E-state index is 0.00125. The summed E-state index contributed by atoms with van der Waals surface area (Å²) in [6.07, 6.45) is 1.81. The van der Waals surface area contributed by atoms with Crippen LogP contribution < -0.4 is 5.32 Å². The summed E-state index contributed by atoms with van der Waals surface area (Å²) in [6, 6.07) is 5.52. The summed E-state index contributed by atoms with van der Waals surface area (Å²) in [4.78, 5) is 61.6. The molecule has 8 nitrogen and oxygen atoms in total. The topological polar surface area (TPSA) is 104 Å². The molecule has 10 heteroatoms. The Labute approximate surface area is 170 Å². The first kappa shape index (κ1) is 20.7. The maximum atomic E-state index is 13.0. The fourth-order valence-corrected chi connectivity index (χ4v) is 3.75. The minimum Gasteiger partial charge on any atom is -0.354 e. The fourth-order valence-electron chi connectivity index (χ4n) is 2.88. The number of nitrogens with one attached hydrogen (secondary N) is 1. The number of halogens is 1. The molecule has 0 atom stereocenters. The van der Waals surface area contributed by atoms with Gasteiger partial charge in [-0.3, -0.25) is 33.8 Å². The number of benzene rings is 1. The van der Waals surface area contributed by atoms with E-state index >= 15 is 0 Å². The van der Waals surface area contributed by atoms with Crippen LogP contribution in [0.5, 0.6) is 0 Å². The number of thioether (sulfide) groups is 1. The van der Waals surface area contributed by atoms with E-state index in [9.17, 15) is 28.4 Å². The number of nitrogens with zero attached hydrogens (tertiary/aromatic N) is 2. The molecule has 2 aliphatic rings. The van der Waals surface area contributed by atoms with Gasteiger partial charge >= 0.3 is 0 Å². The highest BCUT2D eigenvalue weighted by atomic mass is 32.2. The van der Waals surface area contributed by atoms with Crippen molar-refractivity contribution < 1.29 is 28.4 Å². The summed E-state index contributed by atoms with van der Waals surface area (Å²) in [7, 11) is 0. The second-order valence-corrected chi connectivity index (χ2v) is 7.42. The molecular weight excluding hydrogens is 401 g/mol. The van der Waals surface area contributed by atoms with Gasteiger partial charge in [0.25, 0.3) is 11.1 Å². The lowest BCUT2D eigenvalue weighted by Crippen LogP contribution is -2.39. The van der Waals surface area contributed by atoms with Crippen LogP contribution in [0.15, 0.2) is 29.2 Å². The lowest BCUT2D eigenvalue weighted by atomic mass is 10.2. The summed E-state index contributed by atoms with van der Waals surface area (Å²) >= 11 is 0.778. The van der Waals surface area contributed by atoms with Crippen molar-refractivity contribution >= 4 is 46.7 Å². The Morgan fingerprint density at radius 3 is 2.34 bits per heavy atom. The van der Waals surface area contributed by atoms with Crippen molar-refractivity contribution in [2.24, 2.45) is 0 Å². The highest BCUT2D eigenvalue weighted by molar-refractivity contribution is 8.18. The van der Waals surface area contributed by atoms with Crippen LogP contribution in [0.4, 0.5) is 9.18 Å². The van der Waals surface area contributed by atoms with Crippen LogP contribution in [-0.2, 0) is 19.2 Å². The first-order valence-electron chi connectivity index (χ1n) is 8.96. The second-order valence-electron chi connectivity index (χ2n) is 6.42. The lowest BCUT2D eigenvalue weighted by molar-refractivity contribution is -0.138. The molecule has 0 bridgehead atoms. The van der Waals surface area contributed by atoms with E-state index in [1.807, 2.05) is 0 Å². The van der Waals surface area contributed by atoms with Gasteiger partial charge in [-0.15, -0.1) is 0 Å². The summed E-state index contributed by atoms with van der Waals surface area (Å²) < 4.78 is 13.0. The Bertz CT molecular complexity index is 884. The molecule has 1 N–H and O–H groups in total. The normalized spacial score (nSPS) is 18.3. The van der Waals surface area contributed by atoms with Crippen LogP contribution in [0.25, 0.3) is 6.08 Å². The molecule has 0 saturated carbocycles. The largest absolute Gasteiger partial charge is 0.354 e. The molecule has 2 fully saturated rings. The van der Waals surface area contributed by atoms with Gasteiger partial charge in [0, 0.05) is 38.9 Å². The van der Waals surface area contributed by atoms with E-state index in [2.05, 4.69) is 5.32 Å². The van der Waals surface area contributed by atoms with Crippen LogP contribution >= 0.6 is 11.8 Å². The number of likely N-dealkylation sites (tertiary alicyclic amines) is 1. The summed E-state index contributed by atoms with van der Waals surface area (Å²) in [5.41, 5.74) is 0.594. The summed E-state index contributed by atoms with van der Waals surface area (Å²) in [5, 5.41) is 2.12. The Kier molecular flexibility index (Phi) is 6.42. The average molecular weight is 419 g/mol. The average Bonchev–Trinajstić information content (AvgIpc) is 3.14. The molecule has 0 aliphatic carbocycles. The molecule has 2 heterocycles. The molecule has 1 aromatic rings. The fraction of sp³-hybridized carbons (Fsp3) is 0.316. The SMILES string of the molecule is O=C(CCN1C(=O)CCC1=O)NCCN1C(=O)S/C(=C\c2ccc(F)cc2)C1=O. The van der Waals surface area contributed by atoms with Crippen molar-refractivity contribution in [3.8, 4) is 0 Å². The van der Waals surface area contributed by atoms with Crippen LogP contribution in [0.2, 0.25) is 0 Å². The lowest BCUT2D eigenvalue weighted by Gasteiger charge is -2.15. The molecule has 0 unspecified atom stereocenters. The van der Waals surface area contributed by atoms with Gasteiger partial charge in [0.2, 0.25) is 17.7 Å². The van der Waals surface area contributed by atoms with E-state index in [0.717, 1.165) is 21.6 Å². The molecule has 0 spiro atoms. The quantitative estimate of drug-likeness (QED) is 0.531. The number of amides is 5. The van der Waals surface area contributed by atoms with Gasteiger partial charge in [0.15, 0.2) is 0 Å². The van der Waals surface area contributed by atoms with Crippen molar-refractivity contribution in [2.75, 3.05) is 19.6 Å². The highest BCUT2D eigenvalue weighted by Gasteiger charge is 2.34. The van der Waals surface area contributed by atoms with Crippen LogP contribution in [0.3, 0.4) is 0 Å². The monoisotopic (exact) mass is 419 g/mol. The van der Waals surface area contributed by atoms with Crippen molar-refractivity contribution in [2.45, 2.75) is 19.3 Å². The van der Waals surface area contributed by atoms with E-state index < -0.39 is 17.0 Å². The maximum Gasteiger partial charge on any atom is 0.293 e. The molecule has 3 rings (SSSR count). The van der Waals surface area contributed by atoms with Crippen LogP contribution in [0, 0.1) is 5.82 Å². The molecule has 0 aromatic heterocycles. The van der Waals surface area contributed by atoms with Crippen molar-refractivity contribution in [1.29, 1.82) is 0 Å². The van der Waals surface area contributed by atoms with E-state index in [4.69, 9.17) is 0 Å². The second kappa shape index (κ2) is 8.99. The zero-order chi connectivity index (χ0) is 21.0. The Balaban J connectivity index is 1.46. The predicted octanol–water partition coefficient (Wildman–Crippen LogP) is 1.52. The molecule has 0 radical (unpaired) electrons. The Morgan fingerprint density at radius 2 is 1.69 bits per heavy atom. The number of hydrogen-bond acceptors (Lipinski definition) is 6. The smallest absolute Gasteiger partial charge is 0.293 e. The van der Waals surface area contributed by atoms with Gasteiger partial charge in [0.05, 0.1) is 4.91 Å². The van der Waals surface area contributed by atoms with E-state index in [-0.39, 0.29) is 61.5 Å². The predicted molar refractivity (Wildman–Crippen MR) is 103 cm³/mol. The highest BCUT2D eigenvalue weighted by Crippen LogP contribution is 2.31. The zero-order valence-corrected chi connectivity index (χ0v) is 16.2. The van der Waals surface area contributed by atoms with Crippen molar-refractivity contribution in [3.05, 3.63) is 40.6 Å². The van der Waals surface area contributed by atoms with E-state index in [1.165, 1.54) is 30.3 Å². The van der Waals surface area contributed by atoms with Crippen LogP contribution in [-0.4, -0.2) is 58.3 Å². The molecule has 2 aliphatic heterocycles. The molecule has 1 aromatic carbocycles. The first-order chi connectivity index (χ1) is 13.8. The number of carbonyl (C=O) groups is 5. The third-order valence-electron chi connectivity index (χ3n) is 4.42. The van der Waals surface area contributed by atoms with Gasteiger partial charge in [-0.05, 0) is 35.5 Å². The summed E-state index contributed by atoms with van der Waals surface area (Å²) in [6.45, 7) is 0.0762. The van der Waals surface area contributed by atoms with Gasteiger partial charge < -0.3 is 5.32 Å². The molecule has 2 saturated heterocycles. The Hall–Kier alpha value is -3.01. The van der Waals surface area contributed by atoms with Crippen molar-refractivity contribution in [1.82, 2.24) is 15.1 Å². The minimum atomic E-state index is -0.480. The molecule has 5 amide bonds. The standard InChI is InChI=1S/C19H18FN3O5S/c20-13-3-1-12(2-4-13)11-14-18(27)23(19(28)29-14)10-8-21-15(24)7-9-22-16(25)5-6-17(22)26/h1-4,11H,5-10H2,(H,21,24)/b14-11-. The third-order valence-corrected chi connectivity index (χ3v) is 5.32.